The number of carbonyl (C=O) groups excluding carboxylic acids is 1. The molecule has 1 N–H and O–H groups in total. The molecule has 3 rings (SSSR count). The van der Waals surface area contributed by atoms with Gasteiger partial charge in [-0.25, -0.2) is 18.1 Å². The molecule has 0 atom stereocenters. The summed E-state index contributed by atoms with van der Waals surface area (Å²) in [6.07, 6.45) is -2.55. The maximum absolute atomic E-state index is 12.7. The summed E-state index contributed by atoms with van der Waals surface area (Å²) in [4.78, 5) is 16.5. The van der Waals surface area contributed by atoms with Crippen LogP contribution in [0.1, 0.15) is 28.5 Å². The number of hydrogen-bond donors (Lipinski definition) is 1. The molecule has 0 saturated heterocycles. The molecule has 0 saturated carbocycles. The molecule has 0 fully saturated rings. The van der Waals surface area contributed by atoms with Gasteiger partial charge >= 0.3 is 6.18 Å². The van der Waals surface area contributed by atoms with Crippen LogP contribution in [-0.4, -0.2) is 34.8 Å². The van der Waals surface area contributed by atoms with Gasteiger partial charge in [0.15, 0.2) is 15.7 Å². The summed E-state index contributed by atoms with van der Waals surface area (Å²) in [6.45, 7) is 3.09. The Morgan fingerprint density at radius 2 is 1.90 bits per heavy atom. The Morgan fingerprint density at radius 3 is 2.50 bits per heavy atom. The minimum Gasteiger partial charge on any atom is -0.322 e. The Morgan fingerprint density at radius 1 is 1.17 bits per heavy atom. The first-order valence-corrected chi connectivity index (χ1v) is 10.4. The Kier molecular flexibility index (Phi) is 5.66. The lowest BCUT2D eigenvalue weighted by Crippen LogP contribution is -2.14. The fraction of sp³-hybridized carbons (Fsp3) is 0.211. The van der Waals surface area contributed by atoms with Gasteiger partial charge in [0.2, 0.25) is 0 Å². The zero-order valence-electron chi connectivity index (χ0n) is 15.9. The summed E-state index contributed by atoms with van der Waals surface area (Å²) in [5, 5.41) is 6.63. The SMILES string of the molecule is CCS(=O)(=O)c1cccc(NC(=O)c2cnn(-c3ccc(C(F)(F)F)cn3)c2C)c1. The fourth-order valence-electron chi connectivity index (χ4n) is 2.67. The molecule has 0 radical (unpaired) electrons. The highest BCUT2D eigenvalue weighted by Gasteiger charge is 2.30. The van der Waals surface area contributed by atoms with Gasteiger partial charge in [0.25, 0.3) is 5.91 Å². The summed E-state index contributed by atoms with van der Waals surface area (Å²) in [5.41, 5.74) is -0.0807. The lowest BCUT2D eigenvalue weighted by molar-refractivity contribution is -0.137. The molecule has 30 heavy (non-hydrogen) atoms. The van der Waals surface area contributed by atoms with Crippen LogP contribution in [0.2, 0.25) is 0 Å². The molecule has 0 bridgehead atoms. The average Bonchev–Trinajstić information content (AvgIpc) is 3.09. The third-order valence-corrected chi connectivity index (χ3v) is 6.11. The number of nitrogens with one attached hydrogen (secondary N) is 1. The number of pyridine rings is 1. The van der Waals surface area contributed by atoms with Crippen molar-refractivity contribution in [3.63, 3.8) is 0 Å². The van der Waals surface area contributed by atoms with E-state index in [0.29, 0.717) is 11.9 Å². The van der Waals surface area contributed by atoms with E-state index in [1.807, 2.05) is 0 Å². The van der Waals surface area contributed by atoms with E-state index in [1.165, 1.54) is 36.0 Å². The normalized spacial score (nSPS) is 12.0. The summed E-state index contributed by atoms with van der Waals surface area (Å²) in [7, 11) is -3.43. The number of aromatic nitrogens is 3. The van der Waals surface area contributed by atoms with Crippen molar-refractivity contribution < 1.29 is 26.4 Å². The quantitative estimate of drug-likeness (QED) is 0.657. The topological polar surface area (TPSA) is 94.0 Å². The molecule has 1 aromatic carbocycles. The number of hydrogen-bond acceptors (Lipinski definition) is 5. The number of sulfone groups is 1. The van der Waals surface area contributed by atoms with E-state index in [-0.39, 0.29) is 27.7 Å². The lowest BCUT2D eigenvalue weighted by atomic mass is 10.2. The number of amides is 1. The van der Waals surface area contributed by atoms with Crippen molar-refractivity contribution >= 4 is 21.4 Å². The second-order valence-electron chi connectivity index (χ2n) is 6.34. The van der Waals surface area contributed by atoms with E-state index < -0.39 is 27.5 Å². The van der Waals surface area contributed by atoms with Gasteiger partial charge < -0.3 is 5.32 Å². The molecule has 7 nitrogen and oxygen atoms in total. The second kappa shape index (κ2) is 7.90. The minimum absolute atomic E-state index is 0.0730. The highest BCUT2D eigenvalue weighted by atomic mass is 32.2. The molecule has 0 aliphatic heterocycles. The third kappa shape index (κ3) is 4.35. The maximum Gasteiger partial charge on any atom is 0.417 e. The standard InChI is InChI=1S/C19H17F3N4O3S/c1-3-30(28,29)15-6-4-5-14(9-15)25-18(27)16-11-24-26(12(16)2)17-8-7-13(10-23-17)19(20,21)22/h4-11H,3H2,1-2H3,(H,25,27). The molecule has 2 aromatic heterocycles. The summed E-state index contributed by atoms with van der Waals surface area (Å²) < 4.78 is 63.3. The summed E-state index contributed by atoms with van der Waals surface area (Å²) >= 11 is 0. The predicted octanol–water partition coefficient (Wildman–Crippen LogP) is 3.64. The van der Waals surface area contributed by atoms with E-state index >= 15 is 0 Å². The fourth-order valence-corrected chi connectivity index (χ4v) is 3.60. The van der Waals surface area contributed by atoms with Gasteiger partial charge in [-0.1, -0.05) is 13.0 Å². The summed E-state index contributed by atoms with van der Waals surface area (Å²) in [5.74, 6) is -0.497. The van der Waals surface area contributed by atoms with Crippen LogP contribution in [0, 0.1) is 6.92 Å². The van der Waals surface area contributed by atoms with Crippen molar-refractivity contribution in [1.82, 2.24) is 14.8 Å². The molecular formula is C19H17F3N4O3S. The Bertz CT molecular complexity index is 1190. The number of benzene rings is 1. The number of carbonyl (C=O) groups is 1. The predicted molar refractivity (Wildman–Crippen MR) is 103 cm³/mol. The van der Waals surface area contributed by atoms with Gasteiger partial charge in [-0.05, 0) is 37.3 Å². The maximum atomic E-state index is 12.7. The summed E-state index contributed by atoms with van der Waals surface area (Å²) in [6, 6.07) is 7.89. The first-order valence-electron chi connectivity index (χ1n) is 8.75. The van der Waals surface area contributed by atoms with Gasteiger partial charge in [0, 0.05) is 11.9 Å². The molecule has 0 aliphatic rings. The van der Waals surface area contributed by atoms with Crippen molar-refractivity contribution in [3.05, 3.63) is 65.6 Å². The molecule has 3 aromatic rings. The zero-order chi connectivity index (χ0) is 22.1. The van der Waals surface area contributed by atoms with Gasteiger partial charge in [-0.15, -0.1) is 0 Å². The van der Waals surface area contributed by atoms with Crippen LogP contribution in [0.3, 0.4) is 0 Å². The van der Waals surface area contributed by atoms with Crippen LogP contribution in [-0.2, 0) is 16.0 Å². The van der Waals surface area contributed by atoms with Gasteiger partial charge in [-0.2, -0.15) is 18.3 Å². The van der Waals surface area contributed by atoms with Crippen molar-refractivity contribution in [2.45, 2.75) is 24.9 Å². The van der Waals surface area contributed by atoms with Gasteiger partial charge in [-0.3, -0.25) is 4.79 Å². The molecule has 1 amide bonds. The molecule has 0 aliphatic carbocycles. The molecule has 158 valence electrons. The van der Waals surface area contributed by atoms with Crippen molar-refractivity contribution in [1.29, 1.82) is 0 Å². The van der Waals surface area contributed by atoms with Crippen molar-refractivity contribution in [3.8, 4) is 5.82 Å². The third-order valence-electron chi connectivity index (χ3n) is 4.38. The molecule has 0 unspecified atom stereocenters. The molecule has 2 heterocycles. The molecular weight excluding hydrogens is 421 g/mol. The molecule has 0 spiro atoms. The van der Waals surface area contributed by atoms with E-state index in [4.69, 9.17) is 0 Å². The highest BCUT2D eigenvalue weighted by molar-refractivity contribution is 7.91. The Labute approximate surface area is 170 Å². The number of rotatable bonds is 5. The van der Waals surface area contributed by atoms with Crippen LogP contribution in [0.4, 0.5) is 18.9 Å². The van der Waals surface area contributed by atoms with Gasteiger partial charge in [0.1, 0.15) is 0 Å². The first kappa shape index (κ1) is 21.5. The van der Waals surface area contributed by atoms with E-state index in [1.54, 1.807) is 13.0 Å². The number of anilines is 1. The van der Waals surface area contributed by atoms with E-state index in [0.717, 1.165) is 12.1 Å². The number of alkyl halides is 3. The van der Waals surface area contributed by atoms with Crippen LogP contribution >= 0.6 is 0 Å². The van der Waals surface area contributed by atoms with Crippen molar-refractivity contribution in [2.24, 2.45) is 0 Å². The number of nitrogens with zero attached hydrogens (tertiary/aromatic N) is 3. The second-order valence-corrected chi connectivity index (χ2v) is 8.62. The van der Waals surface area contributed by atoms with E-state index in [9.17, 15) is 26.4 Å². The first-order chi connectivity index (χ1) is 14.0. The van der Waals surface area contributed by atoms with Crippen LogP contribution < -0.4 is 5.32 Å². The van der Waals surface area contributed by atoms with Crippen LogP contribution in [0.5, 0.6) is 0 Å². The monoisotopic (exact) mass is 438 g/mol. The zero-order valence-corrected chi connectivity index (χ0v) is 16.8. The van der Waals surface area contributed by atoms with Crippen LogP contribution in [0.15, 0.2) is 53.7 Å². The smallest absolute Gasteiger partial charge is 0.322 e. The largest absolute Gasteiger partial charge is 0.417 e. The van der Waals surface area contributed by atoms with Crippen LogP contribution in [0.25, 0.3) is 5.82 Å². The minimum atomic E-state index is -4.50. The average molecular weight is 438 g/mol. The molecule has 11 heteroatoms. The Hall–Kier alpha value is -3.21. The Balaban J connectivity index is 1.84. The van der Waals surface area contributed by atoms with Gasteiger partial charge in [0.05, 0.1) is 33.7 Å². The van der Waals surface area contributed by atoms with E-state index in [2.05, 4.69) is 15.4 Å². The van der Waals surface area contributed by atoms with Crippen molar-refractivity contribution in [2.75, 3.05) is 11.1 Å². The lowest BCUT2D eigenvalue weighted by Gasteiger charge is -2.09. The number of halogens is 3. The highest BCUT2D eigenvalue weighted by Crippen LogP contribution is 2.29.